The lowest BCUT2D eigenvalue weighted by molar-refractivity contribution is 0.0357. The van der Waals surface area contributed by atoms with Crippen LogP contribution in [0.5, 0.6) is 11.5 Å². The number of esters is 1. The molecule has 190 valence electrons. The number of rotatable bonds is 7. The van der Waals surface area contributed by atoms with E-state index in [9.17, 15) is 14.7 Å². The Bertz CT molecular complexity index is 1130. The number of ether oxygens (including phenoxy) is 3. The summed E-state index contributed by atoms with van der Waals surface area (Å²) in [6, 6.07) is 5.04. The Kier molecular flexibility index (Phi) is 7.52. The van der Waals surface area contributed by atoms with Crippen LogP contribution in [0.4, 0.5) is 0 Å². The summed E-state index contributed by atoms with van der Waals surface area (Å²) >= 11 is 0. The van der Waals surface area contributed by atoms with Gasteiger partial charge in [0.15, 0.2) is 16.9 Å². The highest BCUT2D eigenvalue weighted by atomic mass is 16.5. The molecule has 2 aliphatic rings. The molecule has 0 spiro atoms. The van der Waals surface area contributed by atoms with Gasteiger partial charge < -0.3 is 23.9 Å². The molecule has 1 unspecified atom stereocenters. The third-order valence-electron chi connectivity index (χ3n) is 6.76. The van der Waals surface area contributed by atoms with Gasteiger partial charge in [-0.05, 0) is 42.9 Å². The molecule has 0 amide bonds. The summed E-state index contributed by atoms with van der Waals surface area (Å²) in [6.45, 7) is 13.2. The molecule has 8 heteroatoms. The van der Waals surface area contributed by atoms with Gasteiger partial charge in [0.05, 0.1) is 32.1 Å². The minimum absolute atomic E-state index is 0.00232. The molecular formula is C27H36N2O6. The number of phenols is 1. The number of aromatic hydroxyl groups is 1. The van der Waals surface area contributed by atoms with Crippen molar-refractivity contribution in [2.45, 2.75) is 46.6 Å². The minimum Gasteiger partial charge on any atom is -0.504 e. The first kappa shape index (κ1) is 25.3. The van der Waals surface area contributed by atoms with Crippen LogP contribution in [0.3, 0.4) is 0 Å². The second-order valence-electron chi connectivity index (χ2n) is 10.3. The smallest absolute Gasteiger partial charge is 0.343 e. The Balaban J connectivity index is 1.61. The third kappa shape index (κ3) is 5.54. The molecule has 8 nitrogen and oxygen atoms in total. The number of carbonyl (C=O) groups is 1. The van der Waals surface area contributed by atoms with Crippen LogP contribution in [-0.4, -0.2) is 66.6 Å². The fourth-order valence-corrected chi connectivity index (χ4v) is 4.84. The van der Waals surface area contributed by atoms with Gasteiger partial charge in [-0.1, -0.05) is 20.8 Å². The van der Waals surface area contributed by atoms with Crippen LogP contribution in [0.15, 0.2) is 29.2 Å². The Labute approximate surface area is 206 Å². The van der Waals surface area contributed by atoms with E-state index in [0.29, 0.717) is 24.5 Å². The second kappa shape index (κ2) is 10.4. The van der Waals surface area contributed by atoms with Gasteiger partial charge in [0, 0.05) is 43.5 Å². The molecule has 2 aromatic rings. The zero-order valence-corrected chi connectivity index (χ0v) is 21.1. The molecule has 0 bridgehead atoms. The highest BCUT2D eigenvalue weighted by molar-refractivity contribution is 5.89. The van der Waals surface area contributed by atoms with Gasteiger partial charge in [-0.2, -0.15) is 0 Å². The van der Waals surface area contributed by atoms with Crippen molar-refractivity contribution < 1.29 is 24.1 Å². The first-order chi connectivity index (χ1) is 16.7. The fraction of sp³-hybridized carbons (Fsp3) is 0.556. The molecule has 1 aromatic carbocycles. The maximum absolute atomic E-state index is 12.8. The number of morpholine rings is 1. The van der Waals surface area contributed by atoms with Crippen molar-refractivity contribution in [3.05, 3.63) is 45.7 Å². The highest BCUT2D eigenvalue weighted by Gasteiger charge is 2.34. The largest absolute Gasteiger partial charge is 0.504 e. The zero-order valence-electron chi connectivity index (χ0n) is 21.1. The molecule has 1 atom stereocenters. The van der Waals surface area contributed by atoms with E-state index in [1.165, 1.54) is 6.07 Å². The molecule has 1 saturated heterocycles. The van der Waals surface area contributed by atoms with E-state index in [-0.39, 0.29) is 29.4 Å². The Morgan fingerprint density at radius 3 is 2.63 bits per heavy atom. The molecular weight excluding hydrogens is 448 g/mol. The van der Waals surface area contributed by atoms with E-state index in [0.717, 1.165) is 50.4 Å². The summed E-state index contributed by atoms with van der Waals surface area (Å²) in [5.41, 5.74) is 1.95. The van der Waals surface area contributed by atoms with E-state index < -0.39 is 11.4 Å². The summed E-state index contributed by atoms with van der Waals surface area (Å²) < 4.78 is 18.4. The van der Waals surface area contributed by atoms with Crippen molar-refractivity contribution in [3.8, 4) is 22.8 Å². The fourth-order valence-electron chi connectivity index (χ4n) is 4.84. The summed E-state index contributed by atoms with van der Waals surface area (Å²) in [6.07, 6.45) is 3.15. The van der Waals surface area contributed by atoms with E-state index in [2.05, 4.69) is 25.7 Å². The van der Waals surface area contributed by atoms with Crippen LogP contribution in [0.25, 0.3) is 11.3 Å². The SMILES string of the molecule is CCOC(=O)c1cn2c(cc1=O)-c1cc(O)c(OCCCN3CCOCC3)cc1CC2C(C)(C)C. The predicted octanol–water partition coefficient (Wildman–Crippen LogP) is 3.64. The van der Waals surface area contributed by atoms with E-state index >= 15 is 0 Å². The van der Waals surface area contributed by atoms with E-state index in [1.54, 1.807) is 19.2 Å². The number of nitrogens with zero attached hydrogens (tertiary/aromatic N) is 2. The van der Waals surface area contributed by atoms with Gasteiger partial charge in [-0.15, -0.1) is 0 Å². The Morgan fingerprint density at radius 1 is 1.20 bits per heavy atom. The maximum atomic E-state index is 12.8. The summed E-state index contributed by atoms with van der Waals surface area (Å²) in [7, 11) is 0. The maximum Gasteiger partial charge on any atom is 0.343 e. The van der Waals surface area contributed by atoms with Crippen molar-refractivity contribution in [1.29, 1.82) is 0 Å². The third-order valence-corrected chi connectivity index (χ3v) is 6.76. The topological polar surface area (TPSA) is 90.2 Å². The number of carbonyl (C=O) groups excluding carboxylic acids is 1. The summed E-state index contributed by atoms with van der Waals surface area (Å²) in [4.78, 5) is 27.5. The minimum atomic E-state index is -0.616. The molecule has 3 heterocycles. The number of hydrogen-bond donors (Lipinski definition) is 1. The zero-order chi connectivity index (χ0) is 25.2. The molecule has 0 aliphatic carbocycles. The number of hydrogen-bond acceptors (Lipinski definition) is 7. The van der Waals surface area contributed by atoms with Crippen molar-refractivity contribution in [2.24, 2.45) is 5.41 Å². The van der Waals surface area contributed by atoms with Crippen LogP contribution < -0.4 is 10.2 Å². The van der Waals surface area contributed by atoms with Crippen LogP contribution in [0, 0.1) is 5.41 Å². The number of benzene rings is 1. The molecule has 0 radical (unpaired) electrons. The lowest BCUT2D eigenvalue weighted by Gasteiger charge is -2.39. The van der Waals surface area contributed by atoms with Gasteiger partial charge in [-0.25, -0.2) is 4.79 Å². The molecule has 2 aliphatic heterocycles. The van der Waals surface area contributed by atoms with Crippen molar-refractivity contribution in [1.82, 2.24) is 9.47 Å². The second-order valence-corrected chi connectivity index (χ2v) is 10.3. The number of fused-ring (bicyclic) bond motifs is 3. The molecule has 1 N–H and O–H groups in total. The lowest BCUT2D eigenvalue weighted by Crippen LogP contribution is -2.37. The normalized spacial score (nSPS) is 18.0. The average molecular weight is 485 g/mol. The van der Waals surface area contributed by atoms with Crippen LogP contribution in [-0.2, 0) is 15.9 Å². The first-order valence-electron chi connectivity index (χ1n) is 12.4. The molecule has 4 rings (SSSR count). The summed E-state index contributed by atoms with van der Waals surface area (Å²) in [5.74, 6) is -0.120. The highest BCUT2D eigenvalue weighted by Crippen LogP contribution is 2.45. The van der Waals surface area contributed by atoms with Gasteiger partial charge in [-0.3, -0.25) is 9.69 Å². The summed E-state index contributed by atoms with van der Waals surface area (Å²) in [5, 5.41) is 10.7. The predicted molar refractivity (Wildman–Crippen MR) is 133 cm³/mol. The quantitative estimate of drug-likeness (QED) is 0.474. The van der Waals surface area contributed by atoms with Crippen molar-refractivity contribution >= 4 is 5.97 Å². The molecule has 35 heavy (non-hydrogen) atoms. The van der Waals surface area contributed by atoms with Crippen molar-refractivity contribution in [2.75, 3.05) is 46.1 Å². The first-order valence-corrected chi connectivity index (χ1v) is 12.4. The van der Waals surface area contributed by atoms with Crippen LogP contribution in [0.2, 0.25) is 0 Å². The van der Waals surface area contributed by atoms with Crippen LogP contribution in [0.1, 0.15) is 56.1 Å². The lowest BCUT2D eigenvalue weighted by atomic mass is 9.78. The molecule has 1 aromatic heterocycles. The van der Waals surface area contributed by atoms with Gasteiger partial charge in [0.2, 0.25) is 0 Å². The average Bonchev–Trinajstić information content (AvgIpc) is 2.81. The van der Waals surface area contributed by atoms with Crippen molar-refractivity contribution in [3.63, 3.8) is 0 Å². The van der Waals surface area contributed by atoms with Gasteiger partial charge in [0.1, 0.15) is 5.56 Å². The van der Waals surface area contributed by atoms with E-state index in [1.807, 2.05) is 10.6 Å². The van der Waals surface area contributed by atoms with E-state index in [4.69, 9.17) is 14.2 Å². The molecule has 1 fully saturated rings. The van der Waals surface area contributed by atoms with Gasteiger partial charge >= 0.3 is 5.97 Å². The molecule has 0 saturated carbocycles. The monoisotopic (exact) mass is 484 g/mol. The number of pyridine rings is 1. The Morgan fingerprint density at radius 2 is 1.94 bits per heavy atom. The van der Waals surface area contributed by atoms with Gasteiger partial charge in [0.25, 0.3) is 0 Å². The standard InChI is InChI=1S/C27H36N2O6/c1-5-34-26(32)20-17-29-21(16-22(20)30)19-15-23(31)24(13-18(19)14-25(29)27(2,3)4)35-10-6-7-28-8-11-33-12-9-28/h13,15-17,25,31H,5-12,14H2,1-4H3. The number of aromatic nitrogens is 1. The Hall–Kier alpha value is -2.84. The number of phenolic OH excluding ortho intramolecular Hbond substituents is 1. The van der Waals surface area contributed by atoms with Crippen LogP contribution >= 0.6 is 0 Å².